The van der Waals surface area contributed by atoms with Crippen molar-refractivity contribution in [2.24, 2.45) is 0 Å². The van der Waals surface area contributed by atoms with Crippen LogP contribution in [0.25, 0.3) is 0 Å². The van der Waals surface area contributed by atoms with E-state index in [-0.39, 0.29) is 15.7 Å². The molecular formula is C12H11BrClN3O2S. The first-order valence-electron chi connectivity index (χ1n) is 5.49. The molecule has 0 bridgehead atoms. The number of sulfonamides is 1. The summed E-state index contributed by atoms with van der Waals surface area (Å²) in [6.07, 6.45) is 1.55. The molecule has 0 saturated carbocycles. The summed E-state index contributed by atoms with van der Waals surface area (Å²) in [6, 6.07) is 6.05. The van der Waals surface area contributed by atoms with Crippen LogP contribution in [-0.4, -0.2) is 13.4 Å². The van der Waals surface area contributed by atoms with Gasteiger partial charge in [0, 0.05) is 16.4 Å². The molecule has 0 radical (unpaired) electrons. The highest BCUT2D eigenvalue weighted by molar-refractivity contribution is 9.10. The van der Waals surface area contributed by atoms with E-state index in [9.17, 15) is 8.42 Å². The lowest BCUT2D eigenvalue weighted by atomic mass is 10.3. The number of rotatable bonds is 3. The summed E-state index contributed by atoms with van der Waals surface area (Å²) in [5, 5.41) is 0.0887. The fourth-order valence-electron chi connectivity index (χ4n) is 1.56. The zero-order valence-electron chi connectivity index (χ0n) is 10.4. The molecule has 1 heterocycles. The lowest BCUT2D eigenvalue weighted by Crippen LogP contribution is -2.14. The van der Waals surface area contributed by atoms with E-state index in [0.29, 0.717) is 10.2 Å². The van der Waals surface area contributed by atoms with Gasteiger partial charge in [-0.25, -0.2) is 13.4 Å². The second-order valence-corrected chi connectivity index (χ2v) is 7.01. The van der Waals surface area contributed by atoms with Crippen molar-refractivity contribution < 1.29 is 8.42 Å². The molecule has 2 aromatic rings. The molecular weight excluding hydrogens is 366 g/mol. The predicted octanol–water partition coefficient (Wildman–Crippen LogP) is 3.19. The first kappa shape index (κ1) is 15.1. The third-order valence-corrected chi connectivity index (χ3v) is 5.11. The topological polar surface area (TPSA) is 85.1 Å². The van der Waals surface area contributed by atoms with Crippen molar-refractivity contribution in [3.63, 3.8) is 0 Å². The Kier molecular flexibility index (Phi) is 4.22. The van der Waals surface area contributed by atoms with Gasteiger partial charge in [-0.2, -0.15) is 0 Å². The van der Waals surface area contributed by atoms with Crippen LogP contribution in [0.3, 0.4) is 0 Å². The fourth-order valence-corrected chi connectivity index (χ4v) is 3.92. The predicted molar refractivity (Wildman–Crippen MR) is 83.3 cm³/mol. The molecule has 0 unspecified atom stereocenters. The number of hydrogen-bond donors (Lipinski definition) is 2. The SMILES string of the molecule is Cc1cnc(Cl)c(NS(=O)(=O)c2ccc(N)cc2Br)c1. The molecule has 0 amide bonds. The van der Waals surface area contributed by atoms with Gasteiger partial charge >= 0.3 is 0 Å². The van der Waals surface area contributed by atoms with Crippen molar-refractivity contribution >= 4 is 48.9 Å². The highest BCUT2D eigenvalue weighted by Crippen LogP contribution is 2.28. The molecule has 20 heavy (non-hydrogen) atoms. The summed E-state index contributed by atoms with van der Waals surface area (Å²) in [5.41, 5.74) is 7.08. The van der Waals surface area contributed by atoms with Gasteiger partial charge < -0.3 is 5.73 Å². The molecule has 0 aliphatic carbocycles. The molecule has 8 heteroatoms. The zero-order valence-corrected chi connectivity index (χ0v) is 13.6. The van der Waals surface area contributed by atoms with Crippen LogP contribution in [0.2, 0.25) is 5.15 Å². The second kappa shape index (κ2) is 5.59. The van der Waals surface area contributed by atoms with E-state index >= 15 is 0 Å². The molecule has 0 fully saturated rings. The number of pyridine rings is 1. The number of anilines is 2. The van der Waals surface area contributed by atoms with Gasteiger partial charge in [0.1, 0.15) is 4.90 Å². The zero-order chi connectivity index (χ0) is 14.9. The number of benzene rings is 1. The van der Waals surface area contributed by atoms with Crippen LogP contribution in [0.1, 0.15) is 5.56 Å². The van der Waals surface area contributed by atoms with Crippen molar-refractivity contribution in [3.05, 3.63) is 45.7 Å². The summed E-state index contributed by atoms with van der Waals surface area (Å²) in [6.45, 7) is 1.79. The largest absolute Gasteiger partial charge is 0.399 e. The third kappa shape index (κ3) is 3.23. The Balaban J connectivity index is 2.43. The monoisotopic (exact) mass is 375 g/mol. The summed E-state index contributed by atoms with van der Waals surface area (Å²) in [7, 11) is -3.78. The summed E-state index contributed by atoms with van der Waals surface area (Å²) >= 11 is 9.07. The van der Waals surface area contributed by atoms with Gasteiger partial charge in [-0.3, -0.25) is 4.72 Å². The van der Waals surface area contributed by atoms with E-state index in [1.165, 1.54) is 18.2 Å². The highest BCUT2D eigenvalue weighted by atomic mass is 79.9. The minimum absolute atomic E-state index is 0.0734. The lowest BCUT2D eigenvalue weighted by molar-refractivity contribution is 0.601. The van der Waals surface area contributed by atoms with Gasteiger partial charge in [0.25, 0.3) is 10.0 Å². The van der Waals surface area contributed by atoms with E-state index in [0.717, 1.165) is 5.56 Å². The maximum Gasteiger partial charge on any atom is 0.263 e. The molecule has 2 rings (SSSR count). The normalized spacial score (nSPS) is 11.3. The number of nitrogen functional groups attached to an aromatic ring is 1. The maximum atomic E-state index is 12.3. The van der Waals surface area contributed by atoms with Crippen molar-refractivity contribution in [3.8, 4) is 0 Å². The van der Waals surface area contributed by atoms with Crippen molar-refractivity contribution in [2.75, 3.05) is 10.5 Å². The number of aromatic nitrogens is 1. The quantitative estimate of drug-likeness (QED) is 0.636. The number of aryl methyl sites for hydroxylation is 1. The van der Waals surface area contributed by atoms with E-state index in [2.05, 4.69) is 25.6 Å². The number of hydrogen-bond acceptors (Lipinski definition) is 4. The van der Waals surface area contributed by atoms with Gasteiger partial charge in [-0.05, 0) is 52.7 Å². The second-order valence-electron chi connectivity index (χ2n) is 4.15. The van der Waals surface area contributed by atoms with Gasteiger partial charge in [0.2, 0.25) is 0 Å². The summed E-state index contributed by atoms with van der Waals surface area (Å²) < 4.78 is 27.4. The van der Waals surface area contributed by atoms with Gasteiger partial charge in [0.15, 0.2) is 5.15 Å². The standard InChI is InChI=1S/C12H11BrClN3O2S/c1-7-4-10(12(14)16-6-7)17-20(18,19)11-3-2-8(15)5-9(11)13/h2-6,17H,15H2,1H3. The van der Waals surface area contributed by atoms with Crippen molar-refractivity contribution in [2.45, 2.75) is 11.8 Å². The third-order valence-electron chi connectivity index (χ3n) is 2.47. The van der Waals surface area contributed by atoms with Crippen LogP contribution < -0.4 is 10.5 Å². The van der Waals surface area contributed by atoms with Crippen LogP contribution in [0.5, 0.6) is 0 Å². The summed E-state index contributed by atoms with van der Waals surface area (Å²) in [4.78, 5) is 3.97. The smallest absolute Gasteiger partial charge is 0.263 e. The fraction of sp³-hybridized carbons (Fsp3) is 0.0833. The Bertz CT molecular complexity index is 765. The molecule has 0 saturated heterocycles. The molecule has 0 aliphatic rings. The van der Waals surface area contributed by atoms with Gasteiger partial charge in [-0.15, -0.1) is 0 Å². The van der Waals surface area contributed by atoms with Crippen molar-refractivity contribution in [1.29, 1.82) is 0 Å². The summed E-state index contributed by atoms with van der Waals surface area (Å²) in [5.74, 6) is 0. The number of nitrogens with one attached hydrogen (secondary N) is 1. The van der Waals surface area contributed by atoms with Crippen LogP contribution in [0.4, 0.5) is 11.4 Å². The number of nitrogens with zero attached hydrogens (tertiary/aromatic N) is 1. The molecule has 1 aromatic heterocycles. The van der Waals surface area contributed by atoms with E-state index in [1.807, 2.05) is 0 Å². The minimum atomic E-state index is -3.78. The molecule has 0 aliphatic heterocycles. The molecule has 0 atom stereocenters. The van der Waals surface area contributed by atoms with Gasteiger partial charge in [-0.1, -0.05) is 11.6 Å². The molecule has 5 nitrogen and oxygen atoms in total. The van der Waals surface area contributed by atoms with Gasteiger partial charge in [0.05, 0.1) is 5.69 Å². The molecule has 0 spiro atoms. The molecule has 3 N–H and O–H groups in total. The van der Waals surface area contributed by atoms with E-state index < -0.39 is 10.0 Å². The van der Waals surface area contributed by atoms with Crippen LogP contribution in [0, 0.1) is 6.92 Å². The first-order chi connectivity index (χ1) is 9.29. The first-order valence-corrected chi connectivity index (χ1v) is 8.15. The number of halogens is 2. The van der Waals surface area contributed by atoms with Crippen LogP contribution in [-0.2, 0) is 10.0 Å². The Morgan fingerprint density at radius 1 is 1.35 bits per heavy atom. The van der Waals surface area contributed by atoms with Crippen LogP contribution >= 0.6 is 27.5 Å². The Morgan fingerprint density at radius 2 is 2.05 bits per heavy atom. The highest BCUT2D eigenvalue weighted by Gasteiger charge is 2.19. The molecule has 1 aromatic carbocycles. The van der Waals surface area contributed by atoms with Crippen LogP contribution in [0.15, 0.2) is 39.8 Å². The Morgan fingerprint density at radius 3 is 2.70 bits per heavy atom. The van der Waals surface area contributed by atoms with E-state index in [4.69, 9.17) is 17.3 Å². The average molecular weight is 377 g/mol. The van der Waals surface area contributed by atoms with E-state index in [1.54, 1.807) is 19.2 Å². The maximum absolute atomic E-state index is 12.3. The number of nitrogens with two attached hydrogens (primary N) is 1. The minimum Gasteiger partial charge on any atom is -0.399 e. The molecule has 106 valence electrons. The van der Waals surface area contributed by atoms with Crippen molar-refractivity contribution in [1.82, 2.24) is 4.98 Å². The lowest BCUT2D eigenvalue weighted by Gasteiger charge is -2.11. The average Bonchev–Trinajstić information content (AvgIpc) is 2.33. The Labute approximate surface area is 130 Å². The Hall–Kier alpha value is -1.31.